The van der Waals surface area contributed by atoms with Gasteiger partial charge in [0, 0.05) is 12.1 Å². The summed E-state index contributed by atoms with van der Waals surface area (Å²) in [7, 11) is -3.99. The molecule has 2 aromatic carbocycles. The average Bonchev–Trinajstić information content (AvgIpc) is 2.64. The first kappa shape index (κ1) is 23.3. The Morgan fingerprint density at radius 2 is 1.72 bits per heavy atom. The molecule has 0 aliphatic heterocycles. The number of esters is 1. The minimum atomic E-state index is -3.99. The normalized spacial score (nSPS) is 11.5. The van der Waals surface area contributed by atoms with Crippen molar-refractivity contribution in [2.75, 3.05) is 13.2 Å². The highest BCUT2D eigenvalue weighted by Gasteiger charge is 2.24. The van der Waals surface area contributed by atoms with E-state index in [0.717, 1.165) is 24.3 Å². The van der Waals surface area contributed by atoms with Crippen molar-refractivity contribution in [3.8, 4) is 0 Å². The number of benzene rings is 2. The molecular formula is C19H18Cl2FNO5S. The van der Waals surface area contributed by atoms with E-state index in [9.17, 15) is 22.4 Å². The van der Waals surface area contributed by atoms with Crippen molar-refractivity contribution in [3.05, 3.63) is 63.4 Å². The van der Waals surface area contributed by atoms with Crippen LogP contribution in [0, 0.1) is 11.7 Å². The highest BCUT2D eigenvalue weighted by atomic mass is 35.5. The molecule has 0 radical (unpaired) electrons. The maximum atomic E-state index is 12.9. The van der Waals surface area contributed by atoms with Crippen molar-refractivity contribution in [1.82, 2.24) is 4.72 Å². The lowest BCUT2D eigenvalue weighted by atomic mass is 10.1. The third-order valence-electron chi connectivity index (χ3n) is 3.71. The maximum Gasteiger partial charge on any atom is 0.340 e. The zero-order valence-electron chi connectivity index (χ0n) is 15.5. The Kier molecular flexibility index (Phi) is 7.76. The van der Waals surface area contributed by atoms with Gasteiger partial charge >= 0.3 is 5.97 Å². The molecule has 29 heavy (non-hydrogen) atoms. The van der Waals surface area contributed by atoms with E-state index in [0.29, 0.717) is 0 Å². The zero-order chi connectivity index (χ0) is 21.8. The number of hydrogen-bond donors (Lipinski definition) is 1. The van der Waals surface area contributed by atoms with E-state index in [-0.39, 0.29) is 38.5 Å². The number of nitrogens with one attached hydrogen (secondary N) is 1. The second-order valence-electron chi connectivity index (χ2n) is 6.51. The molecule has 0 heterocycles. The van der Waals surface area contributed by atoms with Crippen molar-refractivity contribution < 1.29 is 27.1 Å². The number of carbonyl (C=O) groups excluding carboxylic acids is 2. The van der Waals surface area contributed by atoms with Crippen LogP contribution in [0.2, 0.25) is 10.0 Å². The number of rotatable bonds is 8. The van der Waals surface area contributed by atoms with Gasteiger partial charge in [0.2, 0.25) is 10.0 Å². The highest BCUT2D eigenvalue weighted by molar-refractivity contribution is 7.89. The van der Waals surface area contributed by atoms with Crippen LogP contribution in [-0.2, 0) is 14.8 Å². The largest absolute Gasteiger partial charge is 0.454 e. The van der Waals surface area contributed by atoms with E-state index < -0.39 is 34.2 Å². The molecule has 0 amide bonds. The summed E-state index contributed by atoms with van der Waals surface area (Å²) in [6.45, 7) is 3.20. The third kappa shape index (κ3) is 6.24. The number of ketones is 1. The van der Waals surface area contributed by atoms with Gasteiger partial charge < -0.3 is 4.74 Å². The van der Waals surface area contributed by atoms with Crippen LogP contribution in [0.3, 0.4) is 0 Å². The molecule has 2 aromatic rings. The minimum Gasteiger partial charge on any atom is -0.454 e. The van der Waals surface area contributed by atoms with Gasteiger partial charge in [0.15, 0.2) is 12.4 Å². The van der Waals surface area contributed by atoms with Crippen molar-refractivity contribution in [1.29, 1.82) is 0 Å². The molecule has 0 aromatic heterocycles. The summed E-state index contributed by atoms with van der Waals surface area (Å²) < 4.78 is 45.1. The molecular weight excluding hydrogens is 444 g/mol. The Morgan fingerprint density at radius 1 is 1.10 bits per heavy atom. The Balaban J connectivity index is 2.19. The van der Waals surface area contributed by atoms with Gasteiger partial charge in [-0.3, -0.25) is 4.79 Å². The molecule has 0 saturated heterocycles. The fourth-order valence-electron chi connectivity index (χ4n) is 2.17. The molecule has 1 N–H and O–H groups in total. The number of ether oxygens (including phenoxy) is 1. The minimum absolute atomic E-state index is 0.0535. The number of sulfonamides is 1. The Hall–Kier alpha value is -2.00. The molecule has 0 saturated carbocycles. The van der Waals surface area contributed by atoms with Crippen LogP contribution in [0.1, 0.15) is 34.6 Å². The first-order valence-corrected chi connectivity index (χ1v) is 10.7. The molecule has 0 aliphatic rings. The number of hydrogen-bond acceptors (Lipinski definition) is 5. The van der Waals surface area contributed by atoms with Crippen molar-refractivity contribution >= 4 is 45.0 Å². The van der Waals surface area contributed by atoms with Crippen LogP contribution < -0.4 is 4.72 Å². The number of halogens is 3. The van der Waals surface area contributed by atoms with Gasteiger partial charge in [-0.15, -0.1) is 0 Å². The molecule has 0 fully saturated rings. The summed E-state index contributed by atoms with van der Waals surface area (Å²) in [4.78, 5) is 24.0. The SMILES string of the molecule is CC(C)CNS(=O)(=O)c1cc(C(=O)OCC(=O)c2ccc(F)cc2)c(Cl)cc1Cl. The monoisotopic (exact) mass is 461 g/mol. The van der Waals surface area contributed by atoms with Crippen LogP contribution in [0.4, 0.5) is 4.39 Å². The number of Topliss-reactive ketones (excluding diaryl/α,β-unsaturated/α-hetero) is 1. The lowest BCUT2D eigenvalue weighted by molar-refractivity contribution is 0.0474. The summed E-state index contributed by atoms with van der Waals surface area (Å²) >= 11 is 12.0. The fraction of sp³-hybridized carbons (Fsp3) is 0.263. The van der Waals surface area contributed by atoms with Gasteiger partial charge in [-0.2, -0.15) is 0 Å². The predicted molar refractivity (Wildman–Crippen MR) is 108 cm³/mol. The average molecular weight is 462 g/mol. The Labute approximate surface area is 178 Å². The molecule has 0 aliphatic carbocycles. The van der Waals surface area contributed by atoms with E-state index in [1.54, 1.807) is 0 Å². The molecule has 2 rings (SSSR count). The molecule has 6 nitrogen and oxygen atoms in total. The summed E-state index contributed by atoms with van der Waals surface area (Å²) in [5.74, 6) is -2.01. The van der Waals surface area contributed by atoms with E-state index in [1.807, 2.05) is 13.8 Å². The lowest BCUT2D eigenvalue weighted by Gasteiger charge is -2.12. The Morgan fingerprint density at radius 3 is 2.31 bits per heavy atom. The highest BCUT2D eigenvalue weighted by Crippen LogP contribution is 2.29. The maximum absolute atomic E-state index is 12.9. The summed E-state index contributed by atoms with van der Waals surface area (Å²) in [6, 6.07) is 6.83. The first-order valence-electron chi connectivity index (χ1n) is 8.46. The number of carbonyl (C=O) groups is 2. The van der Waals surface area contributed by atoms with E-state index in [4.69, 9.17) is 27.9 Å². The zero-order valence-corrected chi connectivity index (χ0v) is 17.9. The van der Waals surface area contributed by atoms with Gasteiger partial charge in [-0.1, -0.05) is 37.0 Å². The third-order valence-corrected chi connectivity index (χ3v) is 5.91. The van der Waals surface area contributed by atoms with Crippen LogP contribution in [0.15, 0.2) is 41.3 Å². The molecule has 10 heteroatoms. The van der Waals surface area contributed by atoms with E-state index in [1.165, 1.54) is 12.1 Å². The van der Waals surface area contributed by atoms with Crippen LogP contribution in [-0.4, -0.2) is 33.3 Å². The van der Waals surface area contributed by atoms with Crippen molar-refractivity contribution in [2.24, 2.45) is 5.92 Å². The van der Waals surface area contributed by atoms with Gasteiger partial charge in [0.05, 0.1) is 15.6 Å². The van der Waals surface area contributed by atoms with Gasteiger partial charge in [-0.25, -0.2) is 22.3 Å². The van der Waals surface area contributed by atoms with Gasteiger partial charge in [0.1, 0.15) is 10.7 Å². The summed E-state index contributed by atoms with van der Waals surface area (Å²) in [6.07, 6.45) is 0. The quantitative estimate of drug-likeness (QED) is 0.471. The van der Waals surface area contributed by atoms with Crippen molar-refractivity contribution in [2.45, 2.75) is 18.7 Å². The Bertz CT molecular complexity index is 1020. The van der Waals surface area contributed by atoms with Crippen LogP contribution in [0.5, 0.6) is 0 Å². The molecule has 156 valence electrons. The van der Waals surface area contributed by atoms with Crippen LogP contribution in [0.25, 0.3) is 0 Å². The second-order valence-corrected chi connectivity index (χ2v) is 9.06. The molecule has 0 spiro atoms. The molecule has 0 bridgehead atoms. The lowest BCUT2D eigenvalue weighted by Crippen LogP contribution is -2.28. The van der Waals surface area contributed by atoms with E-state index >= 15 is 0 Å². The molecule has 0 unspecified atom stereocenters. The first-order chi connectivity index (χ1) is 13.5. The van der Waals surface area contributed by atoms with Crippen molar-refractivity contribution in [3.63, 3.8) is 0 Å². The second kappa shape index (κ2) is 9.67. The van der Waals surface area contributed by atoms with E-state index in [2.05, 4.69) is 4.72 Å². The fourth-order valence-corrected chi connectivity index (χ4v) is 4.24. The van der Waals surface area contributed by atoms with Gasteiger partial charge in [0.25, 0.3) is 0 Å². The van der Waals surface area contributed by atoms with Gasteiger partial charge in [-0.05, 0) is 42.3 Å². The standard InChI is InChI=1S/C19H18Cl2FNO5S/c1-11(2)9-23-29(26,27)18-7-14(15(20)8-16(18)21)19(25)28-10-17(24)12-3-5-13(22)6-4-12/h3-8,11,23H,9-10H2,1-2H3. The smallest absolute Gasteiger partial charge is 0.340 e. The molecule has 0 atom stereocenters. The summed E-state index contributed by atoms with van der Waals surface area (Å²) in [5, 5.41) is -0.290. The predicted octanol–water partition coefficient (Wildman–Crippen LogP) is 4.11. The topological polar surface area (TPSA) is 89.5 Å². The summed E-state index contributed by atoms with van der Waals surface area (Å²) in [5.41, 5.74) is -0.101. The van der Waals surface area contributed by atoms with Crippen LogP contribution >= 0.6 is 23.2 Å².